The van der Waals surface area contributed by atoms with Gasteiger partial charge in [0.05, 0.1) is 6.54 Å². The number of hydrogen-bond acceptors (Lipinski definition) is 3. The Bertz CT molecular complexity index is 493. The molecule has 0 radical (unpaired) electrons. The minimum absolute atomic E-state index is 0.0234. The molecule has 1 aromatic rings. The van der Waals surface area contributed by atoms with Gasteiger partial charge >= 0.3 is 6.09 Å². The molecule has 1 aliphatic rings. The Hall–Kier alpha value is -1.98. The van der Waals surface area contributed by atoms with Crippen LogP contribution in [0.5, 0.6) is 0 Å². The van der Waals surface area contributed by atoms with Gasteiger partial charge in [-0.3, -0.25) is 4.90 Å². The third-order valence-electron chi connectivity index (χ3n) is 3.49. The smallest absolute Gasteiger partial charge is 0.410 e. The van der Waals surface area contributed by atoms with Crippen LogP contribution >= 0.6 is 0 Å². The minimum atomic E-state index is -2.93. The second kappa shape index (κ2) is 6.65. The van der Waals surface area contributed by atoms with Crippen molar-refractivity contribution in [3.05, 3.63) is 35.9 Å². The van der Waals surface area contributed by atoms with Crippen LogP contribution < -0.4 is 0 Å². The van der Waals surface area contributed by atoms with Crippen LogP contribution in [-0.4, -0.2) is 35.8 Å². The minimum Gasteiger partial charge on any atom is -0.445 e. The second-order valence-corrected chi connectivity index (χ2v) is 5.12. The molecule has 1 aromatic carbocycles. The topological polar surface area (TPSA) is 46.6 Å². The number of alkyl halides is 2. The van der Waals surface area contributed by atoms with Crippen LogP contribution in [0.3, 0.4) is 0 Å². The summed E-state index contributed by atoms with van der Waals surface area (Å²) in [4.78, 5) is 23.6. The van der Waals surface area contributed by atoms with Crippen LogP contribution in [0.4, 0.5) is 13.6 Å². The van der Waals surface area contributed by atoms with E-state index in [-0.39, 0.29) is 25.9 Å². The molecular formula is C15H17F2NO3. The predicted octanol–water partition coefficient (Wildman–Crippen LogP) is 3.01. The lowest BCUT2D eigenvalue weighted by Gasteiger charge is -2.37. The molecular weight excluding hydrogens is 280 g/mol. The molecule has 1 unspecified atom stereocenters. The quantitative estimate of drug-likeness (QED) is 0.803. The van der Waals surface area contributed by atoms with Crippen molar-refractivity contribution in [1.82, 2.24) is 4.90 Å². The van der Waals surface area contributed by atoms with Crippen molar-refractivity contribution < 1.29 is 23.1 Å². The molecule has 114 valence electrons. The SMILES string of the molecule is O=CCC1CCC(F)(F)CN1C(=O)OCc1ccccc1. The highest BCUT2D eigenvalue weighted by Crippen LogP contribution is 2.31. The van der Waals surface area contributed by atoms with Crippen molar-refractivity contribution in [1.29, 1.82) is 0 Å². The molecule has 0 saturated carbocycles. The summed E-state index contributed by atoms with van der Waals surface area (Å²) in [6.45, 7) is -0.672. The average molecular weight is 297 g/mol. The number of ether oxygens (including phenoxy) is 1. The van der Waals surface area contributed by atoms with Gasteiger partial charge in [0.1, 0.15) is 12.9 Å². The zero-order chi connectivity index (χ0) is 15.3. The summed E-state index contributed by atoms with van der Waals surface area (Å²) in [6.07, 6.45) is -0.312. The van der Waals surface area contributed by atoms with E-state index in [0.717, 1.165) is 10.5 Å². The monoisotopic (exact) mass is 297 g/mol. The van der Waals surface area contributed by atoms with Crippen molar-refractivity contribution >= 4 is 12.4 Å². The third-order valence-corrected chi connectivity index (χ3v) is 3.49. The molecule has 0 aromatic heterocycles. The maximum atomic E-state index is 13.5. The molecule has 6 heteroatoms. The van der Waals surface area contributed by atoms with Gasteiger partial charge in [-0.05, 0) is 12.0 Å². The maximum Gasteiger partial charge on any atom is 0.410 e. The van der Waals surface area contributed by atoms with Gasteiger partial charge in [-0.2, -0.15) is 0 Å². The van der Waals surface area contributed by atoms with Crippen LogP contribution in [0.1, 0.15) is 24.8 Å². The molecule has 4 nitrogen and oxygen atoms in total. The number of halogens is 2. The Balaban J connectivity index is 1.98. The number of aldehydes is 1. The molecule has 0 bridgehead atoms. The Kier molecular flexibility index (Phi) is 4.88. The summed E-state index contributed by atoms with van der Waals surface area (Å²) in [5.74, 6) is -2.93. The van der Waals surface area contributed by atoms with Gasteiger partial charge in [-0.25, -0.2) is 13.6 Å². The van der Waals surface area contributed by atoms with E-state index in [1.807, 2.05) is 6.07 Å². The van der Waals surface area contributed by atoms with E-state index in [2.05, 4.69) is 0 Å². The van der Waals surface area contributed by atoms with E-state index in [9.17, 15) is 18.4 Å². The van der Waals surface area contributed by atoms with Crippen LogP contribution in [0.2, 0.25) is 0 Å². The number of likely N-dealkylation sites (tertiary alicyclic amines) is 1. The van der Waals surface area contributed by atoms with Gasteiger partial charge in [-0.15, -0.1) is 0 Å². The van der Waals surface area contributed by atoms with Gasteiger partial charge in [-0.1, -0.05) is 30.3 Å². The number of benzene rings is 1. The molecule has 21 heavy (non-hydrogen) atoms. The molecule has 1 fully saturated rings. The summed E-state index contributed by atoms with van der Waals surface area (Å²) in [6, 6.07) is 8.48. The second-order valence-electron chi connectivity index (χ2n) is 5.12. The molecule has 0 N–H and O–H groups in total. The fraction of sp³-hybridized carbons (Fsp3) is 0.467. The maximum absolute atomic E-state index is 13.5. The van der Waals surface area contributed by atoms with Crippen LogP contribution in [0.15, 0.2) is 30.3 Å². The lowest BCUT2D eigenvalue weighted by Crippen LogP contribution is -2.51. The fourth-order valence-electron chi connectivity index (χ4n) is 2.36. The van der Waals surface area contributed by atoms with Gasteiger partial charge in [0.15, 0.2) is 0 Å². The molecule has 0 aliphatic carbocycles. The van der Waals surface area contributed by atoms with E-state index >= 15 is 0 Å². The fourth-order valence-corrected chi connectivity index (χ4v) is 2.36. The molecule has 1 atom stereocenters. The lowest BCUT2D eigenvalue weighted by molar-refractivity contribution is -0.112. The van der Waals surface area contributed by atoms with Crippen molar-refractivity contribution in [3.63, 3.8) is 0 Å². The van der Waals surface area contributed by atoms with Crippen molar-refractivity contribution in [2.75, 3.05) is 6.54 Å². The number of amides is 1. The molecule has 2 rings (SSSR count). The Labute approximate surface area is 121 Å². The zero-order valence-electron chi connectivity index (χ0n) is 11.5. The van der Waals surface area contributed by atoms with Crippen LogP contribution in [0.25, 0.3) is 0 Å². The summed E-state index contributed by atoms with van der Waals surface area (Å²) in [7, 11) is 0. The molecule has 1 amide bonds. The van der Waals surface area contributed by atoms with E-state index in [1.54, 1.807) is 24.3 Å². The molecule has 1 heterocycles. The number of nitrogens with zero attached hydrogens (tertiary/aromatic N) is 1. The standard InChI is InChI=1S/C15H17F2NO3/c16-15(17)8-6-13(7-9-19)18(11-15)14(20)21-10-12-4-2-1-3-5-12/h1-5,9,13H,6-8,10-11H2. The number of carbonyl (C=O) groups is 2. The first-order chi connectivity index (χ1) is 10.0. The highest BCUT2D eigenvalue weighted by atomic mass is 19.3. The first-order valence-corrected chi connectivity index (χ1v) is 6.80. The number of piperidine rings is 1. The number of rotatable bonds is 4. The van der Waals surface area contributed by atoms with Crippen molar-refractivity contribution in [2.24, 2.45) is 0 Å². The first kappa shape index (κ1) is 15.4. The molecule has 0 spiro atoms. The van der Waals surface area contributed by atoms with E-state index < -0.39 is 24.6 Å². The normalized spacial score (nSPS) is 20.9. The van der Waals surface area contributed by atoms with E-state index in [4.69, 9.17) is 4.74 Å². The number of carbonyl (C=O) groups excluding carboxylic acids is 2. The Morgan fingerprint density at radius 3 is 2.76 bits per heavy atom. The summed E-state index contributed by atoms with van der Waals surface area (Å²) >= 11 is 0. The van der Waals surface area contributed by atoms with E-state index in [1.165, 1.54) is 0 Å². The van der Waals surface area contributed by atoms with E-state index in [0.29, 0.717) is 6.29 Å². The zero-order valence-corrected chi connectivity index (χ0v) is 11.5. The van der Waals surface area contributed by atoms with Crippen molar-refractivity contribution in [2.45, 2.75) is 37.8 Å². The molecule has 1 aliphatic heterocycles. The third kappa shape index (κ3) is 4.24. The van der Waals surface area contributed by atoms with Crippen LogP contribution in [-0.2, 0) is 16.1 Å². The van der Waals surface area contributed by atoms with Gasteiger partial charge in [0.25, 0.3) is 5.92 Å². The average Bonchev–Trinajstić information content (AvgIpc) is 2.47. The number of hydrogen-bond donors (Lipinski definition) is 0. The van der Waals surface area contributed by atoms with Crippen LogP contribution in [0, 0.1) is 0 Å². The largest absolute Gasteiger partial charge is 0.445 e. The summed E-state index contributed by atoms with van der Waals surface area (Å²) in [5.41, 5.74) is 0.779. The molecule has 1 saturated heterocycles. The highest BCUT2D eigenvalue weighted by Gasteiger charge is 2.42. The Morgan fingerprint density at radius 2 is 2.10 bits per heavy atom. The van der Waals surface area contributed by atoms with Gasteiger partial charge in [0, 0.05) is 18.9 Å². The first-order valence-electron chi connectivity index (χ1n) is 6.80. The van der Waals surface area contributed by atoms with Gasteiger partial charge < -0.3 is 9.53 Å². The Morgan fingerprint density at radius 1 is 1.38 bits per heavy atom. The predicted molar refractivity (Wildman–Crippen MR) is 72.0 cm³/mol. The summed E-state index contributed by atoms with van der Waals surface area (Å²) < 4.78 is 32.0. The highest BCUT2D eigenvalue weighted by molar-refractivity contribution is 5.69. The lowest BCUT2D eigenvalue weighted by atomic mass is 9.98. The summed E-state index contributed by atoms with van der Waals surface area (Å²) in [5, 5.41) is 0. The van der Waals surface area contributed by atoms with Gasteiger partial charge in [0.2, 0.25) is 0 Å². The van der Waals surface area contributed by atoms with Crippen molar-refractivity contribution in [3.8, 4) is 0 Å².